The Labute approximate surface area is 150 Å². The topological polar surface area (TPSA) is 73.1 Å². The van der Waals surface area contributed by atoms with E-state index in [4.69, 9.17) is 10.5 Å². The quantitative estimate of drug-likeness (QED) is 0.682. The van der Waals surface area contributed by atoms with E-state index in [0.717, 1.165) is 23.7 Å². The first-order valence-corrected chi connectivity index (χ1v) is 9.17. The van der Waals surface area contributed by atoms with E-state index in [1.54, 1.807) is 0 Å². The summed E-state index contributed by atoms with van der Waals surface area (Å²) in [5, 5.41) is 12.8. The van der Waals surface area contributed by atoms with Crippen molar-refractivity contribution in [2.45, 2.75) is 31.5 Å². The van der Waals surface area contributed by atoms with E-state index in [1.165, 1.54) is 22.5 Å². The van der Waals surface area contributed by atoms with E-state index in [1.807, 2.05) is 18.2 Å². The molecule has 1 heterocycles. The van der Waals surface area contributed by atoms with Crippen LogP contribution >= 0.6 is 11.3 Å². The van der Waals surface area contributed by atoms with Crippen LogP contribution in [-0.4, -0.2) is 16.2 Å². The maximum atomic E-state index is 5.84. The van der Waals surface area contributed by atoms with E-state index < -0.39 is 0 Å². The molecule has 3 N–H and O–H groups in total. The predicted octanol–water partition coefficient (Wildman–Crippen LogP) is 3.35. The molecule has 1 aliphatic carbocycles. The molecule has 1 aromatic heterocycles. The van der Waals surface area contributed by atoms with Crippen molar-refractivity contribution in [2.75, 3.05) is 5.73 Å². The minimum Gasteiger partial charge on any atom is -0.489 e. The van der Waals surface area contributed by atoms with Crippen molar-refractivity contribution in [3.05, 3.63) is 70.7 Å². The average Bonchev–Trinajstić information content (AvgIpc) is 3.32. The number of anilines is 1. The minimum atomic E-state index is 0.501. The molecule has 3 aromatic rings. The van der Waals surface area contributed by atoms with Crippen molar-refractivity contribution >= 4 is 16.5 Å². The lowest BCUT2D eigenvalue weighted by Gasteiger charge is -2.07. The number of benzene rings is 2. The number of aromatic nitrogens is 2. The normalized spacial score (nSPS) is 18.9. The van der Waals surface area contributed by atoms with Crippen LogP contribution in [0.15, 0.2) is 54.6 Å². The molecule has 2 atom stereocenters. The Hall–Kier alpha value is -2.44. The summed E-state index contributed by atoms with van der Waals surface area (Å²) in [6.45, 7) is 1.33. The van der Waals surface area contributed by atoms with Gasteiger partial charge in [-0.2, -0.15) is 0 Å². The number of hydrogen-bond donors (Lipinski definition) is 2. The highest BCUT2D eigenvalue weighted by molar-refractivity contribution is 7.15. The lowest BCUT2D eigenvalue weighted by molar-refractivity contribution is 0.306. The molecule has 5 nitrogen and oxygen atoms in total. The second-order valence-electron chi connectivity index (χ2n) is 6.21. The first-order valence-electron chi connectivity index (χ1n) is 8.36. The monoisotopic (exact) mass is 352 g/mol. The molecule has 25 heavy (non-hydrogen) atoms. The maximum Gasteiger partial charge on any atom is 0.203 e. The number of nitrogen functional groups attached to an aromatic ring is 1. The summed E-state index contributed by atoms with van der Waals surface area (Å²) < 4.78 is 5.84. The lowest BCUT2D eigenvalue weighted by Crippen LogP contribution is -2.17. The molecule has 0 bridgehead atoms. The van der Waals surface area contributed by atoms with Crippen LogP contribution in [0.2, 0.25) is 0 Å². The molecule has 1 fully saturated rings. The number of rotatable bonds is 7. The Balaban J connectivity index is 1.26. The zero-order chi connectivity index (χ0) is 17.1. The van der Waals surface area contributed by atoms with Gasteiger partial charge in [0.25, 0.3) is 0 Å². The van der Waals surface area contributed by atoms with Gasteiger partial charge in [-0.25, -0.2) is 0 Å². The molecule has 2 unspecified atom stereocenters. The number of nitrogens with one attached hydrogen (secondary N) is 1. The van der Waals surface area contributed by atoms with Gasteiger partial charge in [0.1, 0.15) is 17.4 Å². The molecule has 0 aliphatic heterocycles. The molecular weight excluding hydrogens is 332 g/mol. The van der Waals surface area contributed by atoms with Gasteiger partial charge in [0.05, 0.1) is 6.54 Å². The van der Waals surface area contributed by atoms with Gasteiger partial charge in [-0.3, -0.25) is 0 Å². The van der Waals surface area contributed by atoms with E-state index in [0.29, 0.717) is 23.7 Å². The number of nitrogens with two attached hydrogens (primary N) is 1. The summed E-state index contributed by atoms with van der Waals surface area (Å²) in [6.07, 6.45) is 1.15. The third-order valence-electron chi connectivity index (χ3n) is 4.34. The van der Waals surface area contributed by atoms with Gasteiger partial charge in [-0.1, -0.05) is 53.8 Å². The van der Waals surface area contributed by atoms with Crippen LogP contribution in [0.3, 0.4) is 0 Å². The Morgan fingerprint density at radius 2 is 1.88 bits per heavy atom. The Morgan fingerprint density at radius 3 is 2.60 bits per heavy atom. The fraction of sp³-hybridized carbons (Fsp3) is 0.263. The summed E-state index contributed by atoms with van der Waals surface area (Å²) in [5.74, 6) is 1.47. The summed E-state index contributed by atoms with van der Waals surface area (Å²) in [4.78, 5) is 0. The predicted molar refractivity (Wildman–Crippen MR) is 99.5 cm³/mol. The number of hydrogen-bond acceptors (Lipinski definition) is 6. The molecule has 2 aromatic carbocycles. The zero-order valence-electron chi connectivity index (χ0n) is 13.8. The first-order chi connectivity index (χ1) is 12.3. The van der Waals surface area contributed by atoms with Crippen LogP contribution in [0.25, 0.3) is 0 Å². The third kappa shape index (κ3) is 4.15. The van der Waals surface area contributed by atoms with Crippen LogP contribution in [0.1, 0.15) is 28.5 Å². The smallest absolute Gasteiger partial charge is 0.203 e. The summed E-state index contributed by atoms with van der Waals surface area (Å²) >= 11 is 1.44. The highest BCUT2D eigenvalue weighted by atomic mass is 32.1. The van der Waals surface area contributed by atoms with Crippen LogP contribution < -0.4 is 15.8 Å². The van der Waals surface area contributed by atoms with Gasteiger partial charge < -0.3 is 15.8 Å². The van der Waals surface area contributed by atoms with Crippen molar-refractivity contribution in [2.24, 2.45) is 0 Å². The second-order valence-corrected chi connectivity index (χ2v) is 7.30. The van der Waals surface area contributed by atoms with Crippen LogP contribution in [0, 0.1) is 0 Å². The van der Waals surface area contributed by atoms with E-state index >= 15 is 0 Å². The number of ether oxygens (including phenoxy) is 1. The Kier molecular flexibility index (Phi) is 4.63. The summed E-state index contributed by atoms with van der Waals surface area (Å²) in [5.41, 5.74) is 8.12. The van der Waals surface area contributed by atoms with E-state index in [2.05, 4.69) is 51.9 Å². The lowest BCUT2D eigenvalue weighted by atomic mass is 10.1. The molecule has 1 saturated carbocycles. The van der Waals surface area contributed by atoms with Crippen molar-refractivity contribution in [3.63, 3.8) is 0 Å². The first kappa shape index (κ1) is 16.1. The van der Waals surface area contributed by atoms with Crippen molar-refractivity contribution < 1.29 is 4.74 Å². The molecule has 0 radical (unpaired) electrons. The molecule has 128 valence electrons. The largest absolute Gasteiger partial charge is 0.489 e. The summed E-state index contributed by atoms with van der Waals surface area (Å²) in [7, 11) is 0. The van der Waals surface area contributed by atoms with Gasteiger partial charge in [-0.15, -0.1) is 10.2 Å². The Bertz CT molecular complexity index is 819. The maximum absolute atomic E-state index is 5.84. The molecule has 0 amide bonds. The number of nitrogens with zero attached hydrogens (tertiary/aromatic N) is 2. The van der Waals surface area contributed by atoms with Crippen molar-refractivity contribution in [1.82, 2.24) is 15.5 Å². The zero-order valence-corrected chi connectivity index (χ0v) is 14.6. The third-order valence-corrected chi connectivity index (χ3v) is 5.10. The minimum absolute atomic E-state index is 0.501. The van der Waals surface area contributed by atoms with Crippen LogP contribution in [0.4, 0.5) is 5.13 Å². The van der Waals surface area contributed by atoms with Gasteiger partial charge in [-0.05, 0) is 29.7 Å². The molecule has 1 aliphatic rings. The fourth-order valence-electron chi connectivity index (χ4n) is 2.90. The van der Waals surface area contributed by atoms with Crippen molar-refractivity contribution in [1.29, 1.82) is 0 Å². The Morgan fingerprint density at radius 1 is 1.08 bits per heavy atom. The molecular formula is C19H20N4OS. The molecule has 0 saturated heterocycles. The van der Waals surface area contributed by atoms with E-state index in [9.17, 15) is 0 Å². The standard InChI is InChI=1S/C19H20N4OS/c20-19-23-22-18(25-19)11-21-17-10-16(17)14-6-8-15(9-7-14)24-12-13-4-2-1-3-5-13/h1-9,16-17,21H,10-12H2,(H2,20,23). The molecule has 0 spiro atoms. The highest BCUT2D eigenvalue weighted by Gasteiger charge is 2.37. The second kappa shape index (κ2) is 7.21. The SMILES string of the molecule is Nc1nnc(CNC2CC2c2ccc(OCc3ccccc3)cc2)s1. The van der Waals surface area contributed by atoms with Crippen LogP contribution in [0.5, 0.6) is 5.75 Å². The van der Waals surface area contributed by atoms with Gasteiger partial charge >= 0.3 is 0 Å². The fourth-order valence-corrected chi connectivity index (χ4v) is 3.46. The highest BCUT2D eigenvalue weighted by Crippen LogP contribution is 2.41. The van der Waals surface area contributed by atoms with Gasteiger partial charge in [0, 0.05) is 12.0 Å². The van der Waals surface area contributed by atoms with Gasteiger partial charge in [0.2, 0.25) is 5.13 Å². The van der Waals surface area contributed by atoms with Crippen molar-refractivity contribution in [3.8, 4) is 5.75 Å². The molecule has 6 heteroatoms. The van der Waals surface area contributed by atoms with Gasteiger partial charge in [0.15, 0.2) is 0 Å². The average molecular weight is 352 g/mol. The van der Waals surface area contributed by atoms with E-state index in [-0.39, 0.29) is 0 Å². The summed E-state index contributed by atoms with van der Waals surface area (Å²) in [6, 6.07) is 19.1. The van der Waals surface area contributed by atoms with Crippen LogP contribution in [-0.2, 0) is 13.2 Å². The molecule has 4 rings (SSSR count).